The van der Waals surface area contributed by atoms with Crippen LogP contribution in [0, 0.1) is 0 Å². The van der Waals surface area contributed by atoms with Gasteiger partial charge in [-0.1, -0.05) is 65.2 Å². The summed E-state index contributed by atoms with van der Waals surface area (Å²) in [5.74, 6) is 1.89. The second kappa shape index (κ2) is 20.6. The molecule has 36 heavy (non-hydrogen) atoms. The Hall–Kier alpha value is -2.62. The third-order valence-corrected chi connectivity index (χ3v) is 6.10. The summed E-state index contributed by atoms with van der Waals surface area (Å²) < 4.78 is 11.8. The molecule has 0 N–H and O–H groups in total. The van der Waals surface area contributed by atoms with Crippen molar-refractivity contribution in [2.24, 2.45) is 9.98 Å². The molecule has 0 amide bonds. The molecule has 0 spiro atoms. The number of unbranched alkanes of at least 4 members (excludes halogenated alkanes) is 9. The molecule has 0 fully saturated rings. The van der Waals surface area contributed by atoms with E-state index in [4.69, 9.17) is 9.47 Å². The normalized spacial score (nSPS) is 11.5. The van der Waals surface area contributed by atoms with Gasteiger partial charge in [-0.3, -0.25) is 9.98 Å². The van der Waals surface area contributed by atoms with Gasteiger partial charge in [-0.2, -0.15) is 0 Å². The summed E-state index contributed by atoms with van der Waals surface area (Å²) in [7, 11) is 0. The highest BCUT2D eigenvalue weighted by molar-refractivity contribution is 5.80. The van der Waals surface area contributed by atoms with E-state index in [1.54, 1.807) is 0 Å². The van der Waals surface area contributed by atoms with E-state index in [1.807, 2.05) is 36.7 Å². The molecule has 0 unspecified atom stereocenters. The lowest BCUT2D eigenvalue weighted by molar-refractivity contribution is 0.297. The van der Waals surface area contributed by atoms with Gasteiger partial charge in [0.25, 0.3) is 0 Å². The Morgan fingerprint density at radius 1 is 0.500 bits per heavy atom. The van der Waals surface area contributed by atoms with E-state index in [1.165, 1.54) is 64.2 Å². The predicted octanol–water partition coefficient (Wildman–Crippen LogP) is 8.70. The second-order valence-corrected chi connectivity index (χ2v) is 9.44. The van der Waals surface area contributed by atoms with E-state index >= 15 is 0 Å². The summed E-state index contributed by atoms with van der Waals surface area (Å²) in [6, 6.07) is 16.5. The second-order valence-electron chi connectivity index (χ2n) is 9.44. The minimum atomic E-state index is 0.785. The van der Waals surface area contributed by atoms with Crippen LogP contribution in [-0.4, -0.2) is 38.7 Å². The molecule has 2 aromatic rings. The summed E-state index contributed by atoms with van der Waals surface area (Å²) in [5, 5.41) is 0. The molecule has 0 saturated carbocycles. The van der Waals surface area contributed by atoms with E-state index in [0.29, 0.717) is 0 Å². The molecule has 198 valence electrons. The van der Waals surface area contributed by atoms with Gasteiger partial charge in [-0.15, -0.1) is 0 Å². The van der Waals surface area contributed by atoms with Crippen molar-refractivity contribution in [3.63, 3.8) is 0 Å². The lowest BCUT2D eigenvalue weighted by atomic mass is 10.1. The summed E-state index contributed by atoms with van der Waals surface area (Å²) in [6.07, 6.45) is 18.4. The Kier molecular flexibility index (Phi) is 16.9. The largest absolute Gasteiger partial charge is 0.494 e. The van der Waals surface area contributed by atoms with E-state index in [0.717, 1.165) is 61.8 Å². The van der Waals surface area contributed by atoms with Gasteiger partial charge in [0, 0.05) is 25.5 Å². The molecule has 0 bridgehead atoms. The van der Waals surface area contributed by atoms with Crippen molar-refractivity contribution in [3.05, 3.63) is 59.7 Å². The smallest absolute Gasteiger partial charge is 0.119 e. The first kappa shape index (κ1) is 29.6. The summed E-state index contributed by atoms with van der Waals surface area (Å²) in [5.41, 5.74) is 2.28. The maximum absolute atomic E-state index is 5.89. The fourth-order valence-corrected chi connectivity index (χ4v) is 3.84. The third kappa shape index (κ3) is 14.7. The highest BCUT2D eigenvalue weighted by Gasteiger charge is 1.98. The molecule has 2 rings (SSSR count). The zero-order valence-corrected chi connectivity index (χ0v) is 22.8. The van der Waals surface area contributed by atoms with Crippen molar-refractivity contribution < 1.29 is 9.47 Å². The number of aliphatic imine (C=N–C) groups is 2. The van der Waals surface area contributed by atoms with Crippen molar-refractivity contribution in [1.82, 2.24) is 0 Å². The molecule has 0 aliphatic carbocycles. The van der Waals surface area contributed by atoms with Crippen LogP contribution in [0.25, 0.3) is 0 Å². The van der Waals surface area contributed by atoms with Crippen LogP contribution in [0.2, 0.25) is 0 Å². The Balaban J connectivity index is 1.43. The van der Waals surface area contributed by atoms with Gasteiger partial charge in [-0.05, 0) is 85.3 Å². The lowest BCUT2D eigenvalue weighted by Gasteiger charge is -2.07. The van der Waals surface area contributed by atoms with Crippen LogP contribution < -0.4 is 9.47 Å². The Morgan fingerprint density at radius 3 is 1.28 bits per heavy atom. The third-order valence-electron chi connectivity index (χ3n) is 6.10. The zero-order chi connectivity index (χ0) is 25.5. The highest BCUT2D eigenvalue weighted by atomic mass is 16.5. The van der Waals surface area contributed by atoms with Crippen molar-refractivity contribution in [2.75, 3.05) is 26.3 Å². The zero-order valence-electron chi connectivity index (χ0n) is 22.8. The molecule has 4 heteroatoms. The maximum Gasteiger partial charge on any atom is 0.119 e. The van der Waals surface area contributed by atoms with E-state index in [9.17, 15) is 0 Å². The summed E-state index contributed by atoms with van der Waals surface area (Å²) >= 11 is 0. The Morgan fingerprint density at radius 2 is 0.889 bits per heavy atom. The molecule has 0 atom stereocenters. The van der Waals surface area contributed by atoms with Gasteiger partial charge in [0.2, 0.25) is 0 Å². The van der Waals surface area contributed by atoms with Crippen LogP contribution >= 0.6 is 0 Å². The SMILES string of the molecule is CCCCCN=Cc1ccc(OCCCCCCCCOc2ccc(C=NCCCCC)cc2)cc1. The Bertz CT molecular complexity index is 757. The Labute approximate surface area is 220 Å². The molecule has 0 heterocycles. The van der Waals surface area contributed by atoms with Crippen molar-refractivity contribution in [3.8, 4) is 11.5 Å². The molecule has 0 aromatic heterocycles. The molecule has 0 aliphatic rings. The molecular formula is C32H48N2O2. The van der Waals surface area contributed by atoms with Crippen LogP contribution in [0.3, 0.4) is 0 Å². The van der Waals surface area contributed by atoms with Crippen LogP contribution in [0.5, 0.6) is 11.5 Å². The highest BCUT2D eigenvalue weighted by Crippen LogP contribution is 2.14. The molecule has 0 aliphatic heterocycles. The number of hydrogen-bond donors (Lipinski definition) is 0. The maximum atomic E-state index is 5.89. The minimum Gasteiger partial charge on any atom is -0.494 e. The predicted molar refractivity (Wildman–Crippen MR) is 156 cm³/mol. The first-order valence-electron chi connectivity index (χ1n) is 14.3. The fraction of sp³-hybridized carbons (Fsp3) is 0.562. The van der Waals surface area contributed by atoms with Crippen LogP contribution in [0.1, 0.15) is 102 Å². The quantitative estimate of drug-likeness (QED) is 0.129. The van der Waals surface area contributed by atoms with Gasteiger partial charge in [-0.25, -0.2) is 0 Å². The molecule has 0 saturated heterocycles. The topological polar surface area (TPSA) is 43.2 Å². The lowest BCUT2D eigenvalue weighted by Crippen LogP contribution is -1.99. The van der Waals surface area contributed by atoms with E-state index in [2.05, 4.69) is 48.1 Å². The molecular weight excluding hydrogens is 444 g/mol. The number of benzene rings is 2. The van der Waals surface area contributed by atoms with Gasteiger partial charge in [0.1, 0.15) is 11.5 Å². The summed E-state index contributed by atoms with van der Waals surface area (Å²) in [6.45, 7) is 7.84. The van der Waals surface area contributed by atoms with Crippen molar-refractivity contribution >= 4 is 12.4 Å². The first-order chi connectivity index (χ1) is 17.8. The van der Waals surface area contributed by atoms with E-state index in [-0.39, 0.29) is 0 Å². The number of ether oxygens (including phenoxy) is 2. The van der Waals surface area contributed by atoms with Crippen molar-refractivity contribution in [2.45, 2.75) is 90.9 Å². The number of rotatable bonds is 21. The van der Waals surface area contributed by atoms with Crippen molar-refractivity contribution in [1.29, 1.82) is 0 Å². The van der Waals surface area contributed by atoms with Gasteiger partial charge in [0.15, 0.2) is 0 Å². The molecule has 4 nitrogen and oxygen atoms in total. The molecule has 0 radical (unpaired) electrons. The fourth-order valence-electron chi connectivity index (χ4n) is 3.84. The average molecular weight is 493 g/mol. The van der Waals surface area contributed by atoms with Crippen LogP contribution in [0.4, 0.5) is 0 Å². The number of hydrogen-bond acceptors (Lipinski definition) is 4. The van der Waals surface area contributed by atoms with E-state index < -0.39 is 0 Å². The average Bonchev–Trinajstić information content (AvgIpc) is 2.91. The summed E-state index contributed by atoms with van der Waals surface area (Å²) in [4.78, 5) is 8.98. The van der Waals surface area contributed by atoms with Crippen LogP contribution in [-0.2, 0) is 0 Å². The van der Waals surface area contributed by atoms with Gasteiger partial charge < -0.3 is 9.47 Å². The monoisotopic (exact) mass is 492 g/mol. The number of nitrogens with zero attached hydrogens (tertiary/aromatic N) is 2. The minimum absolute atomic E-state index is 0.785. The standard InChI is InChI=1S/C32H48N2O2/c1-3-5-11-23-33-27-29-15-19-31(20-16-29)35-25-13-9-7-8-10-14-26-36-32-21-17-30(18-22-32)28-34-24-12-6-4-2/h15-22,27-28H,3-14,23-26H2,1-2H3. The van der Waals surface area contributed by atoms with Gasteiger partial charge in [0.05, 0.1) is 13.2 Å². The van der Waals surface area contributed by atoms with Crippen LogP contribution in [0.15, 0.2) is 58.5 Å². The molecule has 2 aromatic carbocycles. The first-order valence-corrected chi connectivity index (χ1v) is 14.3. The van der Waals surface area contributed by atoms with Gasteiger partial charge >= 0.3 is 0 Å².